The maximum atomic E-state index is 12.0. The minimum atomic E-state index is 0.240. The Balaban J connectivity index is 2.58. The Kier molecular flexibility index (Phi) is 4.74. The number of carbonyl (C=O) groups is 1. The Morgan fingerprint density at radius 2 is 2.12 bits per heavy atom. The maximum absolute atomic E-state index is 12.0. The predicted molar refractivity (Wildman–Crippen MR) is 66.4 cm³/mol. The highest BCUT2D eigenvalue weighted by Gasteiger charge is 2.29. The lowest BCUT2D eigenvalue weighted by atomic mass is 10.00. The van der Waals surface area contributed by atoms with Crippen LogP contribution in [0.2, 0.25) is 0 Å². The van der Waals surface area contributed by atoms with Crippen molar-refractivity contribution in [3.63, 3.8) is 0 Å². The van der Waals surface area contributed by atoms with Crippen LogP contribution in [0.1, 0.15) is 20.8 Å². The summed E-state index contributed by atoms with van der Waals surface area (Å²) in [5.74, 6) is 0.812. The zero-order valence-electron chi connectivity index (χ0n) is 11.2. The Morgan fingerprint density at radius 3 is 2.62 bits per heavy atom. The van der Waals surface area contributed by atoms with E-state index in [4.69, 9.17) is 0 Å². The molecule has 0 aromatic heterocycles. The summed E-state index contributed by atoms with van der Waals surface area (Å²) in [6, 6.07) is 0.741. The lowest BCUT2D eigenvalue weighted by molar-refractivity contribution is -0.135. The van der Waals surface area contributed by atoms with Crippen LogP contribution in [0.25, 0.3) is 0 Å². The molecule has 16 heavy (non-hydrogen) atoms. The fourth-order valence-corrected chi connectivity index (χ4v) is 2.04. The first-order valence-corrected chi connectivity index (χ1v) is 6.09. The Hall–Kier alpha value is -0.610. The molecule has 1 amide bonds. The van der Waals surface area contributed by atoms with Crippen molar-refractivity contribution in [2.24, 2.45) is 5.92 Å². The highest BCUT2D eigenvalue weighted by Crippen LogP contribution is 2.12. The standard InChI is InChI=1S/C12H25N3O/c1-9(2)11-7-15(10(3)6-13-11)12(16)8-14(4)5/h9-11,13H,6-8H2,1-5H3. The number of hydrogen-bond acceptors (Lipinski definition) is 3. The van der Waals surface area contributed by atoms with Crippen LogP contribution in [0.15, 0.2) is 0 Å². The monoisotopic (exact) mass is 227 g/mol. The molecule has 1 aliphatic heterocycles. The van der Waals surface area contributed by atoms with Gasteiger partial charge in [-0.15, -0.1) is 0 Å². The van der Waals surface area contributed by atoms with E-state index in [0.29, 0.717) is 24.5 Å². The molecule has 1 saturated heterocycles. The average molecular weight is 227 g/mol. The summed E-state index contributed by atoms with van der Waals surface area (Å²) in [7, 11) is 3.87. The molecular weight excluding hydrogens is 202 g/mol. The van der Waals surface area contributed by atoms with E-state index in [-0.39, 0.29) is 5.91 Å². The van der Waals surface area contributed by atoms with Crippen LogP contribution < -0.4 is 5.32 Å². The number of piperazine rings is 1. The van der Waals surface area contributed by atoms with Crippen LogP contribution in [0.3, 0.4) is 0 Å². The number of likely N-dealkylation sites (N-methyl/N-ethyl adjacent to an activating group) is 1. The number of carbonyl (C=O) groups excluding carboxylic acids is 1. The highest BCUT2D eigenvalue weighted by molar-refractivity contribution is 5.78. The SMILES string of the molecule is CC(C)C1CN(C(=O)CN(C)C)C(C)CN1. The second kappa shape index (κ2) is 5.64. The van der Waals surface area contributed by atoms with Crippen LogP contribution in [-0.2, 0) is 4.79 Å². The third-order valence-electron chi connectivity index (χ3n) is 3.18. The maximum Gasteiger partial charge on any atom is 0.237 e. The molecule has 0 radical (unpaired) electrons. The zero-order valence-corrected chi connectivity index (χ0v) is 11.2. The minimum Gasteiger partial charge on any atom is -0.336 e. The van der Waals surface area contributed by atoms with Crippen molar-refractivity contribution in [2.45, 2.75) is 32.9 Å². The van der Waals surface area contributed by atoms with Gasteiger partial charge in [0.2, 0.25) is 5.91 Å². The molecule has 0 saturated carbocycles. The summed E-state index contributed by atoms with van der Waals surface area (Å²) in [6.45, 7) is 8.75. The first-order chi connectivity index (χ1) is 7.41. The molecule has 1 N–H and O–H groups in total. The van der Waals surface area contributed by atoms with Gasteiger partial charge in [-0.3, -0.25) is 4.79 Å². The van der Waals surface area contributed by atoms with Crippen molar-refractivity contribution in [3.8, 4) is 0 Å². The predicted octanol–water partition coefficient (Wildman–Crippen LogP) is 0.393. The third-order valence-corrected chi connectivity index (χ3v) is 3.18. The largest absolute Gasteiger partial charge is 0.336 e. The fraction of sp³-hybridized carbons (Fsp3) is 0.917. The van der Waals surface area contributed by atoms with Crippen molar-refractivity contribution < 1.29 is 4.79 Å². The second-order valence-corrected chi connectivity index (χ2v) is 5.39. The molecule has 1 rings (SSSR count). The molecule has 4 heteroatoms. The molecule has 1 heterocycles. The molecule has 2 unspecified atom stereocenters. The van der Waals surface area contributed by atoms with Gasteiger partial charge in [0.05, 0.1) is 6.54 Å². The Bertz CT molecular complexity index is 240. The van der Waals surface area contributed by atoms with Crippen molar-refractivity contribution in [3.05, 3.63) is 0 Å². The van der Waals surface area contributed by atoms with E-state index < -0.39 is 0 Å². The number of hydrogen-bond donors (Lipinski definition) is 1. The molecule has 94 valence electrons. The Morgan fingerprint density at radius 1 is 1.50 bits per heavy atom. The quantitative estimate of drug-likeness (QED) is 0.758. The molecule has 4 nitrogen and oxygen atoms in total. The van der Waals surface area contributed by atoms with Gasteiger partial charge < -0.3 is 15.1 Å². The van der Waals surface area contributed by atoms with E-state index in [9.17, 15) is 4.79 Å². The van der Waals surface area contributed by atoms with Gasteiger partial charge in [0, 0.05) is 25.2 Å². The van der Waals surface area contributed by atoms with Gasteiger partial charge in [-0.1, -0.05) is 13.8 Å². The van der Waals surface area contributed by atoms with E-state index in [0.717, 1.165) is 13.1 Å². The highest BCUT2D eigenvalue weighted by atomic mass is 16.2. The molecule has 2 atom stereocenters. The van der Waals surface area contributed by atoms with E-state index >= 15 is 0 Å². The van der Waals surface area contributed by atoms with Crippen LogP contribution >= 0.6 is 0 Å². The van der Waals surface area contributed by atoms with Gasteiger partial charge in [-0.2, -0.15) is 0 Å². The van der Waals surface area contributed by atoms with Gasteiger partial charge in [0.1, 0.15) is 0 Å². The molecule has 1 fully saturated rings. The van der Waals surface area contributed by atoms with Gasteiger partial charge in [0.25, 0.3) is 0 Å². The average Bonchev–Trinajstić information content (AvgIpc) is 2.16. The van der Waals surface area contributed by atoms with E-state index in [1.807, 2.05) is 23.9 Å². The van der Waals surface area contributed by atoms with E-state index in [2.05, 4.69) is 26.1 Å². The summed E-state index contributed by atoms with van der Waals surface area (Å²) in [6.07, 6.45) is 0. The fourth-order valence-electron chi connectivity index (χ4n) is 2.04. The lowest BCUT2D eigenvalue weighted by Crippen LogP contribution is -2.59. The number of nitrogens with zero attached hydrogens (tertiary/aromatic N) is 2. The van der Waals surface area contributed by atoms with Crippen molar-refractivity contribution in [1.29, 1.82) is 0 Å². The zero-order chi connectivity index (χ0) is 12.3. The summed E-state index contributed by atoms with van der Waals surface area (Å²) >= 11 is 0. The summed E-state index contributed by atoms with van der Waals surface area (Å²) in [5, 5.41) is 3.50. The van der Waals surface area contributed by atoms with Gasteiger partial charge in [-0.05, 0) is 26.9 Å². The van der Waals surface area contributed by atoms with Gasteiger partial charge >= 0.3 is 0 Å². The summed E-state index contributed by atoms with van der Waals surface area (Å²) in [4.78, 5) is 16.0. The summed E-state index contributed by atoms with van der Waals surface area (Å²) in [5.41, 5.74) is 0. The van der Waals surface area contributed by atoms with Crippen LogP contribution in [0, 0.1) is 5.92 Å². The van der Waals surface area contributed by atoms with Crippen LogP contribution in [0.4, 0.5) is 0 Å². The van der Waals surface area contributed by atoms with Crippen LogP contribution in [-0.4, -0.2) is 61.5 Å². The van der Waals surface area contributed by atoms with Gasteiger partial charge in [-0.25, -0.2) is 0 Å². The minimum absolute atomic E-state index is 0.240. The van der Waals surface area contributed by atoms with E-state index in [1.54, 1.807) is 0 Å². The normalized spacial score (nSPS) is 26.6. The Labute approximate surface area is 99.0 Å². The molecule has 0 aromatic rings. The third kappa shape index (κ3) is 3.46. The molecule has 0 aliphatic carbocycles. The molecule has 0 spiro atoms. The van der Waals surface area contributed by atoms with Crippen LogP contribution in [0.5, 0.6) is 0 Å². The second-order valence-electron chi connectivity index (χ2n) is 5.39. The van der Waals surface area contributed by atoms with Crippen molar-refractivity contribution >= 4 is 5.91 Å². The number of nitrogens with one attached hydrogen (secondary N) is 1. The smallest absolute Gasteiger partial charge is 0.237 e. The molecule has 0 bridgehead atoms. The number of amides is 1. The van der Waals surface area contributed by atoms with Crippen molar-refractivity contribution in [2.75, 3.05) is 33.7 Å². The summed E-state index contributed by atoms with van der Waals surface area (Å²) < 4.78 is 0. The molecular formula is C12H25N3O. The molecule has 1 aliphatic rings. The van der Waals surface area contributed by atoms with Gasteiger partial charge in [0.15, 0.2) is 0 Å². The molecule has 0 aromatic carbocycles. The topological polar surface area (TPSA) is 35.6 Å². The first kappa shape index (κ1) is 13.5. The van der Waals surface area contributed by atoms with E-state index in [1.165, 1.54) is 0 Å². The first-order valence-electron chi connectivity index (χ1n) is 6.09. The number of rotatable bonds is 3. The lowest BCUT2D eigenvalue weighted by Gasteiger charge is -2.40. The van der Waals surface area contributed by atoms with Crippen molar-refractivity contribution in [1.82, 2.24) is 15.1 Å².